The number of allylic oxidation sites excluding steroid dienone is 2. The Kier molecular flexibility index (Phi) is 8.86. The normalized spacial score (nSPS) is 15.2. The summed E-state index contributed by atoms with van der Waals surface area (Å²) in [6, 6.07) is 74.0. The first-order valence-corrected chi connectivity index (χ1v) is 23.9. The predicted octanol–water partition coefficient (Wildman–Crippen LogP) is 16.5. The number of nitrogens with zero attached hydrogens (tertiary/aromatic N) is 3. The summed E-state index contributed by atoms with van der Waals surface area (Å²) in [5.74, 6) is 2.90. The lowest BCUT2D eigenvalue weighted by molar-refractivity contribution is 0.271. The second-order valence-electron chi connectivity index (χ2n) is 17.9. The van der Waals surface area contributed by atoms with Gasteiger partial charge in [0, 0.05) is 42.4 Å². The van der Waals surface area contributed by atoms with Crippen molar-refractivity contribution in [3.8, 4) is 62.2 Å². The van der Waals surface area contributed by atoms with Gasteiger partial charge in [-0.1, -0.05) is 170 Å². The molecule has 0 saturated carbocycles. The highest BCUT2D eigenvalue weighted by Gasteiger charge is 2.37. The van der Waals surface area contributed by atoms with Gasteiger partial charge in [-0.3, -0.25) is 0 Å². The summed E-state index contributed by atoms with van der Waals surface area (Å²) >= 11 is 1.85. The van der Waals surface area contributed by atoms with Gasteiger partial charge in [-0.25, -0.2) is 15.0 Å². The molecule has 2 atom stereocenters. The molecule has 2 aliphatic rings. The highest BCUT2D eigenvalue weighted by atomic mass is 32.1. The van der Waals surface area contributed by atoms with Crippen molar-refractivity contribution < 1.29 is 4.74 Å². The van der Waals surface area contributed by atoms with Crippen LogP contribution in [0.25, 0.3) is 114 Å². The number of ether oxygens (including phenoxy) is 1. The molecule has 318 valence electrons. The highest BCUT2D eigenvalue weighted by molar-refractivity contribution is 7.25. The molecule has 0 radical (unpaired) electrons. The first kappa shape index (κ1) is 38.7. The number of benzene rings is 10. The molecule has 0 fully saturated rings. The van der Waals surface area contributed by atoms with Gasteiger partial charge in [0.15, 0.2) is 17.5 Å². The van der Waals surface area contributed by atoms with Crippen molar-refractivity contribution in [3.63, 3.8) is 0 Å². The van der Waals surface area contributed by atoms with Crippen LogP contribution in [-0.2, 0) is 0 Å². The first-order chi connectivity index (χ1) is 33.6. The molecule has 2 aromatic heterocycles. The van der Waals surface area contributed by atoms with E-state index in [-0.39, 0.29) is 12.0 Å². The number of hydrogen-bond acceptors (Lipinski definition) is 5. The largest absolute Gasteiger partial charge is 0.485 e. The number of aromatic nitrogens is 3. The van der Waals surface area contributed by atoms with E-state index in [0.29, 0.717) is 17.5 Å². The topological polar surface area (TPSA) is 47.9 Å². The first-order valence-electron chi connectivity index (χ1n) is 23.1. The van der Waals surface area contributed by atoms with Crippen LogP contribution in [0.3, 0.4) is 0 Å². The van der Waals surface area contributed by atoms with E-state index in [4.69, 9.17) is 19.7 Å². The van der Waals surface area contributed by atoms with Crippen molar-refractivity contribution in [3.05, 3.63) is 236 Å². The molecule has 1 aliphatic heterocycles. The summed E-state index contributed by atoms with van der Waals surface area (Å²) in [5.41, 5.74) is 11.1. The third-order valence-corrected chi connectivity index (χ3v) is 15.0. The molecule has 0 N–H and O–H groups in total. The van der Waals surface area contributed by atoms with E-state index in [2.05, 4.69) is 218 Å². The van der Waals surface area contributed by atoms with Crippen molar-refractivity contribution in [1.29, 1.82) is 0 Å². The van der Waals surface area contributed by atoms with Crippen molar-refractivity contribution >= 4 is 69.4 Å². The van der Waals surface area contributed by atoms with E-state index < -0.39 is 0 Å². The molecule has 0 saturated heterocycles. The van der Waals surface area contributed by atoms with Gasteiger partial charge in [0.2, 0.25) is 0 Å². The minimum Gasteiger partial charge on any atom is -0.485 e. The summed E-state index contributed by atoms with van der Waals surface area (Å²) in [6.45, 7) is 0. The Bertz CT molecular complexity index is 4080. The average Bonchev–Trinajstić information content (AvgIpc) is 3.98. The number of rotatable bonds is 6. The Morgan fingerprint density at radius 3 is 1.79 bits per heavy atom. The molecular formula is C63H39N3OS. The van der Waals surface area contributed by atoms with Crippen LogP contribution in [0, 0.1) is 0 Å². The summed E-state index contributed by atoms with van der Waals surface area (Å²) < 4.78 is 9.28. The van der Waals surface area contributed by atoms with E-state index in [0.717, 1.165) is 44.2 Å². The Balaban J connectivity index is 0.846. The van der Waals surface area contributed by atoms with Crippen LogP contribution in [0.2, 0.25) is 0 Å². The molecule has 2 unspecified atom stereocenters. The van der Waals surface area contributed by atoms with Gasteiger partial charge in [0.25, 0.3) is 0 Å². The third kappa shape index (κ3) is 6.54. The lowest BCUT2D eigenvalue weighted by Crippen LogP contribution is -2.19. The molecule has 4 nitrogen and oxygen atoms in total. The summed E-state index contributed by atoms with van der Waals surface area (Å²) in [4.78, 5) is 15.6. The second kappa shape index (κ2) is 15.6. The Morgan fingerprint density at radius 1 is 0.368 bits per heavy atom. The number of fused-ring (bicyclic) bond motifs is 10. The summed E-state index contributed by atoms with van der Waals surface area (Å²) in [7, 11) is 0. The number of thiophene rings is 1. The van der Waals surface area contributed by atoms with Crippen molar-refractivity contribution in [2.24, 2.45) is 0 Å². The van der Waals surface area contributed by atoms with E-state index in [1.54, 1.807) is 0 Å². The van der Waals surface area contributed by atoms with E-state index in [1.165, 1.54) is 69.7 Å². The molecular weight excluding hydrogens is 847 g/mol. The molecule has 0 amide bonds. The van der Waals surface area contributed by atoms with Gasteiger partial charge in [-0.05, 0) is 120 Å². The van der Waals surface area contributed by atoms with E-state index in [9.17, 15) is 0 Å². The molecule has 1 aliphatic carbocycles. The second-order valence-corrected chi connectivity index (χ2v) is 19.0. The van der Waals surface area contributed by atoms with E-state index in [1.807, 2.05) is 17.4 Å². The SMILES string of the molecule is C1=CC2Oc3ccc(-c4ccc5sc6ccccc6c5c4)cc3C2C(c2ccc3ccc(-c4nc(-c5ccc(-c6ccccc6)cc5)nc(-c5ccc6c(ccc7ccccc76)c5)n4)cc3c2)=C1. The molecule has 12 aromatic rings. The van der Waals surface area contributed by atoms with Gasteiger partial charge in [0.05, 0.1) is 5.92 Å². The monoisotopic (exact) mass is 885 g/mol. The smallest absolute Gasteiger partial charge is 0.164 e. The predicted molar refractivity (Wildman–Crippen MR) is 283 cm³/mol. The molecule has 5 heteroatoms. The molecule has 3 heterocycles. The van der Waals surface area contributed by atoms with Crippen LogP contribution < -0.4 is 4.74 Å². The van der Waals surface area contributed by atoms with E-state index >= 15 is 0 Å². The minimum absolute atomic E-state index is 0.0585. The summed E-state index contributed by atoms with van der Waals surface area (Å²) in [5, 5.41) is 9.68. The van der Waals surface area contributed by atoms with Crippen LogP contribution in [-0.4, -0.2) is 21.1 Å². The maximum atomic E-state index is 6.65. The zero-order valence-corrected chi connectivity index (χ0v) is 37.5. The fourth-order valence-corrected chi connectivity index (χ4v) is 11.5. The lowest BCUT2D eigenvalue weighted by atomic mass is 9.80. The molecule has 14 rings (SSSR count). The molecule has 10 aromatic carbocycles. The van der Waals surface area contributed by atoms with Crippen molar-refractivity contribution in [2.45, 2.75) is 12.0 Å². The maximum Gasteiger partial charge on any atom is 0.164 e. The van der Waals surface area contributed by atoms with Crippen LogP contribution in [0.4, 0.5) is 0 Å². The fraction of sp³-hybridized carbons (Fsp3) is 0.0317. The van der Waals surface area contributed by atoms with Crippen molar-refractivity contribution in [1.82, 2.24) is 15.0 Å². The minimum atomic E-state index is -0.0803. The molecule has 0 spiro atoms. The van der Waals surface area contributed by atoms with Gasteiger partial charge in [-0.15, -0.1) is 11.3 Å². The third-order valence-electron chi connectivity index (χ3n) is 13.9. The maximum absolute atomic E-state index is 6.65. The Labute approximate surface area is 396 Å². The highest BCUT2D eigenvalue weighted by Crippen LogP contribution is 2.50. The van der Waals surface area contributed by atoms with Gasteiger partial charge in [0.1, 0.15) is 11.9 Å². The van der Waals surface area contributed by atoms with Gasteiger partial charge in [-0.2, -0.15) is 0 Å². The van der Waals surface area contributed by atoms with Crippen LogP contribution in [0.1, 0.15) is 17.0 Å². The zero-order chi connectivity index (χ0) is 44.7. The van der Waals surface area contributed by atoms with Gasteiger partial charge >= 0.3 is 0 Å². The average molecular weight is 886 g/mol. The Hall–Kier alpha value is -8.51. The zero-order valence-electron chi connectivity index (χ0n) is 36.7. The fourth-order valence-electron chi connectivity index (χ4n) is 10.4. The lowest BCUT2D eigenvalue weighted by Gasteiger charge is -2.23. The van der Waals surface area contributed by atoms with Crippen LogP contribution in [0.5, 0.6) is 5.75 Å². The standard InChI is InChI=1S/C63H39N3OS/c1-2-9-38(10-3-1)39-17-22-42(23-18-39)61-64-62(66-63(65-61)48-27-30-51-45(33-48)25-21-41-11-4-5-12-50(41)51)47-26-20-40-19-24-46(34-49(40)35-47)52-14-8-15-57-60(52)55-37-43(28-31-56(55)67-57)44-29-32-59-54(36-44)53-13-6-7-16-58(53)68-59/h1-37,57,60H. The van der Waals surface area contributed by atoms with Gasteiger partial charge < -0.3 is 4.74 Å². The quantitative estimate of drug-likeness (QED) is 0.156. The van der Waals surface area contributed by atoms with Crippen LogP contribution >= 0.6 is 11.3 Å². The number of hydrogen-bond donors (Lipinski definition) is 0. The molecule has 0 bridgehead atoms. The van der Waals surface area contributed by atoms with Crippen molar-refractivity contribution in [2.75, 3.05) is 0 Å². The van der Waals surface area contributed by atoms with Crippen LogP contribution in [0.15, 0.2) is 224 Å². The summed E-state index contributed by atoms with van der Waals surface area (Å²) in [6.07, 6.45) is 6.53. The Morgan fingerprint density at radius 2 is 0.941 bits per heavy atom. The molecule has 68 heavy (non-hydrogen) atoms.